The summed E-state index contributed by atoms with van der Waals surface area (Å²) in [6.07, 6.45) is 2.75. The smallest absolute Gasteiger partial charge is 0.178 e. The lowest BCUT2D eigenvalue weighted by atomic mass is 10.0. The summed E-state index contributed by atoms with van der Waals surface area (Å²) in [5.41, 5.74) is 2.27. The molecule has 1 N–H and O–H groups in total. The molecule has 0 saturated heterocycles. The number of hydrogen-bond acceptors (Lipinski definition) is 3. The van der Waals surface area contributed by atoms with Crippen LogP contribution in [0.25, 0.3) is 0 Å². The molecule has 1 atom stereocenters. The maximum Gasteiger partial charge on any atom is 0.178 e. The maximum atomic E-state index is 12.1. The number of sulfone groups is 1. The van der Waals surface area contributed by atoms with E-state index in [1.54, 1.807) is 12.1 Å². The second-order valence-electron chi connectivity index (χ2n) is 5.74. The Hall–Kier alpha value is -1.65. The van der Waals surface area contributed by atoms with Crippen LogP contribution in [-0.4, -0.2) is 20.7 Å². The van der Waals surface area contributed by atoms with Gasteiger partial charge in [-0.15, -0.1) is 0 Å². The Morgan fingerprint density at radius 3 is 2.55 bits per heavy atom. The Bertz CT molecular complexity index is 726. The summed E-state index contributed by atoms with van der Waals surface area (Å²) in [4.78, 5) is 0.502. The summed E-state index contributed by atoms with van der Waals surface area (Å²) in [6, 6.07) is 18.0. The zero-order chi connectivity index (χ0) is 15.4. The summed E-state index contributed by atoms with van der Waals surface area (Å²) in [5.74, 6) is 0.236. The van der Waals surface area contributed by atoms with Crippen molar-refractivity contribution < 1.29 is 8.42 Å². The van der Waals surface area contributed by atoms with Crippen LogP contribution in [0.15, 0.2) is 59.5 Å². The van der Waals surface area contributed by atoms with E-state index in [1.807, 2.05) is 18.2 Å². The number of rotatable bonds is 5. The average molecular weight is 315 g/mol. The van der Waals surface area contributed by atoms with Crippen molar-refractivity contribution in [2.75, 3.05) is 12.3 Å². The van der Waals surface area contributed by atoms with E-state index in [-0.39, 0.29) is 11.8 Å². The van der Waals surface area contributed by atoms with Crippen molar-refractivity contribution >= 4 is 9.84 Å². The van der Waals surface area contributed by atoms with Crippen LogP contribution in [0.5, 0.6) is 0 Å². The van der Waals surface area contributed by atoms with E-state index in [9.17, 15) is 8.42 Å². The van der Waals surface area contributed by atoms with Gasteiger partial charge < -0.3 is 5.32 Å². The van der Waals surface area contributed by atoms with Gasteiger partial charge in [-0.1, -0.05) is 48.5 Å². The molecule has 0 saturated carbocycles. The van der Waals surface area contributed by atoms with Crippen LogP contribution in [0, 0.1) is 0 Å². The second-order valence-corrected chi connectivity index (χ2v) is 7.82. The molecular formula is C18H21NO2S. The van der Waals surface area contributed by atoms with Crippen molar-refractivity contribution in [3.05, 3.63) is 65.7 Å². The van der Waals surface area contributed by atoms with Crippen molar-refractivity contribution in [3.63, 3.8) is 0 Å². The molecule has 1 heterocycles. The molecule has 0 bridgehead atoms. The highest BCUT2D eigenvalue weighted by Crippen LogP contribution is 2.31. The van der Waals surface area contributed by atoms with Gasteiger partial charge in [-0.3, -0.25) is 0 Å². The summed E-state index contributed by atoms with van der Waals surface area (Å²) in [7, 11) is -3.09. The van der Waals surface area contributed by atoms with E-state index >= 15 is 0 Å². The SMILES string of the molecule is O=S1(=O)CCC(NCCCc2ccccc2)c2ccccc21. The fraction of sp³-hybridized carbons (Fsp3) is 0.333. The van der Waals surface area contributed by atoms with Crippen LogP contribution in [0.2, 0.25) is 0 Å². The van der Waals surface area contributed by atoms with Gasteiger partial charge in [0.2, 0.25) is 0 Å². The molecule has 22 heavy (non-hydrogen) atoms. The Morgan fingerprint density at radius 2 is 1.73 bits per heavy atom. The second kappa shape index (κ2) is 6.63. The average Bonchev–Trinajstić information content (AvgIpc) is 2.54. The van der Waals surface area contributed by atoms with Gasteiger partial charge in [-0.2, -0.15) is 0 Å². The lowest BCUT2D eigenvalue weighted by Gasteiger charge is -2.26. The predicted molar refractivity (Wildman–Crippen MR) is 88.6 cm³/mol. The van der Waals surface area contributed by atoms with Gasteiger partial charge in [0, 0.05) is 6.04 Å². The monoisotopic (exact) mass is 315 g/mol. The molecule has 1 aliphatic rings. The zero-order valence-electron chi connectivity index (χ0n) is 12.5. The molecule has 0 spiro atoms. The highest BCUT2D eigenvalue weighted by molar-refractivity contribution is 7.91. The first-order valence-electron chi connectivity index (χ1n) is 7.76. The number of nitrogens with one attached hydrogen (secondary N) is 1. The van der Waals surface area contributed by atoms with E-state index < -0.39 is 9.84 Å². The normalized spacial score (nSPS) is 19.5. The predicted octanol–water partition coefficient (Wildman–Crippen LogP) is 3.13. The van der Waals surface area contributed by atoms with Crippen LogP contribution in [0.1, 0.15) is 30.0 Å². The quantitative estimate of drug-likeness (QED) is 0.862. The molecule has 0 radical (unpaired) electrons. The first kappa shape index (κ1) is 15.3. The maximum absolute atomic E-state index is 12.1. The summed E-state index contributed by atoms with van der Waals surface area (Å²) in [6.45, 7) is 0.897. The highest BCUT2D eigenvalue weighted by atomic mass is 32.2. The van der Waals surface area contributed by atoms with Crippen LogP contribution in [-0.2, 0) is 16.3 Å². The Kier molecular flexibility index (Phi) is 4.60. The molecular weight excluding hydrogens is 294 g/mol. The molecule has 0 aliphatic carbocycles. The molecule has 0 fully saturated rings. The van der Waals surface area contributed by atoms with Gasteiger partial charge in [0.25, 0.3) is 0 Å². The lowest BCUT2D eigenvalue weighted by Crippen LogP contribution is -2.30. The minimum atomic E-state index is -3.09. The van der Waals surface area contributed by atoms with Crippen LogP contribution in [0.4, 0.5) is 0 Å². The van der Waals surface area contributed by atoms with Gasteiger partial charge in [0.15, 0.2) is 9.84 Å². The van der Waals surface area contributed by atoms with E-state index in [2.05, 4.69) is 29.6 Å². The van der Waals surface area contributed by atoms with Crippen LogP contribution in [0.3, 0.4) is 0 Å². The van der Waals surface area contributed by atoms with Crippen molar-refractivity contribution in [2.24, 2.45) is 0 Å². The van der Waals surface area contributed by atoms with E-state index in [0.29, 0.717) is 11.3 Å². The summed E-state index contributed by atoms with van der Waals surface area (Å²) in [5, 5.41) is 3.52. The topological polar surface area (TPSA) is 46.2 Å². The third-order valence-corrected chi connectivity index (χ3v) is 6.00. The van der Waals surface area contributed by atoms with Gasteiger partial charge in [0.05, 0.1) is 10.6 Å². The first-order valence-corrected chi connectivity index (χ1v) is 9.41. The van der Waals surface area contributed by atoms with Crippen LogP contribution >= 0.6 is 0 Å². The van der Waals surface area contributed by atoms with Crippen molar-refractivity contribution in [1.82, 2.24) is 5.32 Å². The Morgan fingerprint density at radius 1 is 1.00 bits per heavy atom. The number of aryl methyl sites for hydroxylation is 1. The van der Waals surface area contributed by atoms with Crippen molar-refractivity contribution in [1.29, 1.82) is 0 Å². The van der Waals surface area contributed by atoms with Gasteiger partial charge in [-0.05, 0) is 43.0 Å². The first-order chi connectivity index (χ1) is 10.7. The fourth-order valence-corrected chi connectivity index (χ4v) is 4.64. The van der Waals surface area contributed by atoms with E-state index in [1.165, 1.54) is 5.56 Å². The lowest BCUT2D eigenvalue weighted by molar-refractivity contribution is 0.486. The Labute approximate surface area is 132 Å². The third-order valence-electron chi connectivity index (χ3n) is 4.18. The highest BCUT2D eigenvalue weighted by Gasteiger charge is 2.29. The molecule has 2 aromatic rings. The molecule has 0 amide bonds. The van der Waals surface area contributed by atoms with Gasteiger partial charge in [-0.25, -0.2) is 8.42 Å². The summed E-state index contributed by atoms with van der Waals surface area (Å²) < 4.78 is 24.2. The van der Waals surface area contributed by atoms with Crippen molar-refractivity contribution in [3.8, 4) is 0 Å². The van der Waals surface area contributed by atoms with Crippen LogP contribution < -0.4 is 5.32 Å². The third kappa shape index (κ3) is 3.39. The molecule has 1 unspecified atom stereocenters. The van der Waals surface area contributed by atoms with Crippen molar-refractivity contribution in [2.45, 2.75) is 30.2 Å². The molecule has 3 nitrogen and oxygen atoms in total. The Balaban J connectivity index is 1.60. The minimum Gasteiger partial charge on any atom is -0.310 e. The van der Waals surface area contributed by atoms with E-state index in [0.717, 1.165) is 24.9 Å². The molecule has 1 aliphatic heterocycles. The number of benzene rings is 2. The fourth-order valence-electron chi connectivity index (χ4n) is 3.02. The number of fused-ring (bicyclic) bond motifs is 1. The van der Waals surface area contributed by atoms with Gasteiger partial charge >= 0.3 is 0 Å². The molecule has 3 rings (SSSR count). The molecule has 0 aromatic heterocycles. The minimum absolute atomic E-state index is 0.149. The molecule has 116 valence electrons. The largest absolute Gasteiger partial charge is 0.310 e. The number of hydrogen-bond donors (Lipinski definition) is 1. The zero-order valence-corrected chi connectivity index (χ0v) is 13.4. The molecule has 2 aromatic carbocycles. The van der Waals surface area contributed by atoms with Gasteiger partial charge in [0.1, 0.15) is 0 Å². The molecule has 4 heteroatoms. The standard InChI is InChI=1S/C18H21NO2S/c20-22(21)14-12-17(16-10-4-5-11-18(16)22)19-13-6-9-15-7-2-1-3-8-15/h1-5,7-8,10-11,17,19H,6,9,12-14H2. The summed E-state index contributed by atoms with van der Waals surface area (Å²) >= 11 is 0. The van der Waals surface area contributed by atoms with E-state index in [4.69, 9.17) is 0 Å².